The number of nitrogens with one attached hydrogen (secondary N) is 1. The van der Waals surface area contributed by atoms with Gasteiger partial charge in [-0.2, -0.15) is 0 Å². The molecule has 2 atom stereocenters. The number of pyridine rings is 2. The molecule has 0 saturated carbocycles. The van der Waals surface area contributed by atoms with E-state index >= 15 is 0 Å². The summed E-state index contributed by atoms with van der Waals surface area (Å²) in [6.07, 6.45) is 3.75. The summed E-state index contributed by atoms with van der Waals surface area (Å²) in [6.45, 7) is 6.35. The normalized spacial score (nSPS) is 17.5. The highest BCUT2D eigenvalue weighted by Crippen LogP contribution is 2.43. The first-order valence-corrected chi connectivity index (χ1v) is 12.2. The third-order valence-electron chi connectivity index (χ3n) is 6.66. The summed E-state index contributed by atoms with van der Waals surface area (Å²) in [5.74, 6) is 0.918. The Morgan fingerprint density at radius 2 is 1.71 bits per heavy atom. The molecule has 1 aromatic carbocycles. The fraction of sp³-hybridized carbons (Fsp3) is 0.250. The van der Waals surface area contributed by atoms with E-state index in [1.54, 1.807) is 0 Å². The lowest BCUT2D eigenvalue weighted by Gasteiger charge is -2.28. The number of hydrogen-bond acceptors (Lipinski definition) is 4. The lowest BCUT2D eigenvalue weighted by atomic mass is 9.96. The van der Waals surface area contributed by atoms with E-state index in [2.05, 4.69) is 94.0 Å². The van der Waals surface area contributed by atoms with Gasteiger partial charge in [-0.15, -0.1) is 0 Å². The molecular formula is C28H30N6S. The van der Waals surface area contributed by atoms with Crippen LogP contribution in [0.15, 0.2) is 73.1 Å². The molecule has 35 heavy (non-hydrogen) atoms. The molecule has 1 aliphatic rings. The molecule has 6 nitrogen and oxygen atoms in total. The van der Waals surface area contributed by atoms with E-state index in [0.29, 0.717) is 5.11 Å². The third kappa shape index (κ3) is 4.17. The van der Waals surface area contributed by atoms with E-state index in [1.807, 2.05) is 38.6 Å². The Hall–Kier alpha value is -3.71. The number of thiocarbonyl (C=S) groups is 1. The van der Waals surface area contributed by atoms with Gasteiger partial charge in [-0.1, -0.05) is 12.1 Å². The predicted molar refractivity (Wildman–Crippen MR) is 146 cm³/mol. The van der Waals surface area contributed by atoms with Gasteiger partial charge in [-0.25, -0.2) is 4.98 Å². The quantitative estimate of drug-likeness (QED) is 0.383. The van der Waals surface area contributed by atoms with Gasteiger partial charge in [0.25, 0.3) is 0 Å². The van der Waals surface area contributed by atoms with Crippen LogP contribution in [0.1, 0.15) is 40.3 Å². The van der Waals surface area contributed by atoms with Gasteiger partial charge in [-0.05, 0) is 92.6 Å². The van der Waals surface area contributed by atoms with Gasteiger partial charge in [-0.3, -0.25) is 4.98 Å². The van der Waals surface area contributed by atoms with Crippen molar-refractivity contribution in [3.8, 4) is 5.82 Å². The Morgan fingerprint density at radius 3 is 2.34 bits per heavy atom. The average molecular weight is 483 g/mol. The molecule has 3 aromatic heterocycles. The summed E-state index contributed by atoms with van der Waals surface area (Å²) in [4.78, 5) is 13.7. The molecule has 0 unspecified atom stereocenters. The maximum absolute atomic E-state index is 5.91. The maximum Gasteiger partial charge on any atom is 0.174 e. The molecule has 0 amide bonds. The van der Waals surface area contributed by atoms with Gasteiger partial charge in [0.15, 0.2) is 5.11 Å². The van der Waals surface area contributed by atoms with Gasteiger partial charge < -0.3 is 19.7 Å². The van der Waals surface area contributed by atoms with Crippen molar-refractivity contribution in [3.05, 3.63) is 101 Å². The van der Waals surface area contributed by atoms with Crippen LogP contribution in [-0.4, -0.2) is 33.7 Å². The highest BCUT2D eigenvalue weighted by atomic mass is 32.1. The molecule has 4 heterocycles. The Morgan fingerprint density at radius 1 is 0.943 bits per heavy atom. The van der Waals surface area contributed by atoms with E-state index < -0.39 is 0 Å². The molecule has 0 bridgehead atoms. The monoisotopic (exact) mass is 482 g/mol. The van der Waals surface area contributed by atoms with Crippen LogP contribution in [0.4, 0.5) is 11.4 Å². The first-order valence-electron chi connectivity index (χ1n) is 11.7. The van der Waals surface area contributed by atoms with E-state index in [-0.39, 0.29) is 12.1 Å². The molecule has 0 spiro atoms. The van der Waals surface area contributed by atoms with Crippen molar-refractivity contribution >= 4 is 28.7 Å². The van der Waals surface area contributed by atoms with Gasteiger partial charge in [0.1, 0.15) is 5.82 Å². The summed E-state index contributed by atoms with van der Waals surface area (Å²) in [5.41, 5.74) is 7.78. The predicted octanol–water partition coefficient (Wildman–Crippen LogP) is 5.44. The maximum atomic E-state index is 5.91. The summed E-state index contributed by atoms with van der Waals surface area (Å²) >= 11 is 5.91. The van der Waals surface area contributed by atoms with Crippen LogP contribution in [0.25, 0.3) is 5.82 Å². The van der Waals surface area contributed by atoms with Crippen molar-refractivity contribution in [2.24, 2.45) is 0 Å². The van der Waals surface area contributed by atoms with E-state index in [0.717, 1.165) is 39.8 Å². The zero-order valence-corrected chi connectivity index (χ0v) is 21.5. The highest BCUT2D eigenvalue weighted by Gasteiger charge is 2.42. The fourth-order valence-corrected chi connectivity index (χ4v) is 5.24. The largest absolute Gasteiger partial charge is 0.378 e. The summed E-state index contributed by atoms with van der Waals surface area (Å²) < 4.78 is 2.22. The van der Waals surface area contributed by atoms with Crippen molar-refractivity contribution in [3.63, 3.8) is 0 Å². The second-order valence-electron chi connectivity index (χ2n) is 9.26. The number of benzene rings is 1. The van der Waals surface area contributed by atoms with Gasteiger partial charge in [0.2, 0.25) is 0 Å². The first kappa shape index (κ1) is 23.1. The molecule has 5 rings (SSSR count). The molecular weight excluding hydrogens is 452 g/mol. The molecule has 1 fully saturated rings. The number of anilines is 2. The van der Waals surface area contributed by atoms with Crippen LogP contribution in [0.5, 0.6) is 0 Å². The van der Waals surface area contributed by atoms with Crippen molar-refractivity contribution < 1.29 is 0 Å². The van der Waals surface area contributed by atoms with Crippen molar-refractivity contribution in [2.45, 2.75) is 32.9 Å². The Bertz CT molecular complexity index is 1340. The Kier molecular flexibility index (Phi) is 6.03. The number of nitrogens with zero attached hydrogens (tertiary/aromatic N) is 5. The summed E-state index contributed by atoms with van der Waals surface area (Å²) in [5, 5.41) is 4.26. The topological polar surface area (TPSA) is 49.2 Å². The van der Waals surface area contributed by atoms with Crippen LogP contribution >= 0.6 is 12.2 Å². The zero-order chi connectivity index (χ0) is 24.7. The molecule has 4 aromatic rings. The number of aryl methyl sites for hydroxylation is 2. The van der Waals surface area contributed by atoms with Gasteiger partial charge >= 0.3 is 0 Å². The van der Waals surface area contributed by atoms with Gasteiger partial charge in [0.05, 0.1) is 17.8 Å². The molecule has 0 aliphatic carbocycles. The lowest BCUT2D eigenvalue weighted by Crippen LogP contribution is -2.29. The van der Waals surface area contributed by atoms with Crippen LogP contribution in [0.3, 0.4) is 0 Å². The molecule has 1 saturated heterocycles. The molecule has 0 radical (unpaired) electrons. The minimum atomic E-state index is -0.0860. The second kappa shape index (κ2) is 9.15. The summed E-state index contributed by atoms with van der Waals surface area (Å²) in [7, 11) is 4.09. The minimum Gasteiger partial charge on any atom is -0.378 e. The number of aromatic nitrogens is 3. The van der Waals surface area contributed by atoms with Gasteiger partial charge in [0, 0.05) is 49.3 Å². The van der Waals surface area contributed by atoms with E-state index in [4.69, 9.17) is 17.2 Å². The van der Waals surface area contributed by atoms with Crippen LogP contribution in [0.2, 0.25) is 0 Å². The van der Waals surface area contributed by atoms with E-state index in [1.165, 1.54) is 5.56 Å². The molecule has 7 heteroatoms. The Balaban J connectivity index is 1.65. The summed E-state index contributed by atoms with van der Waals surface area (Å²) in [6, 6.07) is 20.8. The first-order chi connectivity index (χ1) is 16.8. The van der Waals surface area contributed by atoms with Crippen LogP contribution < -0.4 is 15.1 Å². The van der Waals surface area contributed by atoms with E-state index in [9.17, 15) is 0 Å². The van der Waals surface area contributed by atoms with Crippen molar-refractivity contribution in [1.29, 1.82) is 0 Å². The van der Waals surface area contributed by atoms with Crippen molar-refractivity contribution in [1.82, 2.24) is 19.9 Å². The standard InChI is InChI=1S/C28H30N6S/c1-18-9-14-25(30-17-18)33-19(2)16-23(20(33)3)27-26(24-8-6-7-15-29-24)31-28(35)34(27)22-12-10-21(11-13-22)32(4)5/h6-17,26-27H,1-5H3,(H,31,35)/t26-,27-/m1/s1. The lowest BCUT2D eigenvalue weighted by molar-refractivity contribution is 0.565. The smallest absolute Gasteiger partial charge is 0.174 e. The Labute approximate surface area is 212 Å². The fourth-order valence-electron chi connectivity index (χ4n) is 4.89. The average Bonchev–Trinajstić information content (AvgIpc) is 3.35. The number of rotatable bonds is 5. The third-order valence-corrected chi connectivity index (χ3v) is 6.97. The van der Waals surface area contributed by atoms with Crippen LogP contribution in [-0.2, 0) is 0 Å². The second-order valence-corrected chi connectivity index (χ2v) is 9.65. The highest BCUT2D eigenvalue weighted by molar-refractivity contribution is 7.80. The molecule has 1 aliphatic heterocycles. The minimum absolute atomic E-state index is 0.0620. The number of hydrogen-bond donors (Lipinski definition) is 1. The SMILES string of the molecule is Cc1ccc(-n2c(C)cc([C@@H]3[C@@H](c4ccccn4)NC(=S)N3c3ccc(N(C)C)cc3)c2C)nc1. The molecule has 178 valence electrons. The van der Waals surface area contributed by atoms with Crippen LogP contribution in [0, 0.1) is 20.8 Å². The zero-order valence-electron chi connectivity index (χ0n) is 20.7. The van der Waals surface area contributed by atoms with Crippen molar-refractivity contribution in [2.75, 3.05) is 23.9 Å². The molecule has 1 N–H and O–H groups in total.